The molecular formula is C16H20N4O3. The Hall–Kier alpha value is -2.28. The van der Waals surface area contributed by atoms with Gasteiger partial charge in [-0.05, 0) is 25.0 Å². The van der Waals surface area contributed by atoms with Crippen LogP contribution in [0.15, 0.2) is 29.1 Å². The van der Waals surface area contributed by atoms with E-state index in [1.54, 1.807) is 4.57 Å². The van der Waals surface area contributed by atoms with Gasteiger partial charge < -0.3 is 15.0 Å². The third-order valence-corrected chi connectivity index (χ3v) is 4.69. The molecule has 1 aromatic heterocycles. The number of aromatic amines is 1. The van der Waals surface area contributed by atoms with Gasteiger partial charge in [0, 0.05) is 13.1 Å². The Morgan fingerprint density at radius 1 is 1.13 bits per heavy atom. The average Bonchev–Trinajstić information content (AvgIpc) is 3.13. The van der Waals surface area contributed by atoms with E-state index >= 15 is 0 Å². The number of imidazole rings is 1. The topological polar surface area (TPSA) is 79.4 Å². The quantitative estimate of drug-likeness (QED) is 0.897. The number of carbonyl (C=O) groups is 1. The number of nitrogens with zero attached hydrogens (tertiary/aromatic N) is 2. The Bertz CT molecular complexity index is 775. The Balaban J connectivity index is 1.81. The number of piperidine rings is 1. The fourth-order valence-corrected chi connectivity index (χ4v) is 3.66. The molecule has 0 spiro atoms. The predicted octanol–water partition coefficient (Wildman–Crippen LogP) is 1.42. The van der Waals surface area contributed by atoms with Gasteiger partial charge in [0.05, 0.1) is 17.6 Å². The van der Waals surface area contributed by atoms with Crippen molar-refractivity contribution in [1.82, 2.24) is 19.8 Å². The summed E-state index contributed by atoms with van der Waals surface area (Å²) in [5, 5.41) is 2.71. The van der Waals surface area contributed by atoms with Crippen LogP contribution in [0.5, 0.6) is 0 Å². The molecule has 2 fully saturated rings. The molecule has 23 heavy (non-hydrogen) atoms. The second kappa shape index (κ2) is 5.73. The summed E-state index contributed by atoms with van der Waals surface area (Å²) < 4.78 is 7.18. The van der Waals surface area contributed by atoms with Crippen molar-refractivity contribution < 1.29 is 9.53 Å². The number of fused-ring (bicyclic) bond motifs is 1. The molecule has 2 saturated heterocycles. The Morgan fingerprint density at radius 2 is 1.91 bits per heavy atom. The number of carbonyl (C=O) groups excluding carboxylic acids is 1. The van der Waals surface area contributed by atoms with E-state index in [2.05, 4.69) is 15.2 Å². The minimum atomic E-state index is -0.412. The number of nitrogens with one attached hydrogen (secondary N) is 2. The van der Waals surface area contributed by atoms with Gasteiger partial charge in [-0.25, -0.2) is 9.59 Å². The Morgan fingerprint density at radius 3 is 2.65 bits per heavy atom. The maximum Gasteiger partial charge on any atom is 0.407 e. The molecular weight excluding hydrogens is 296 g/mol. The summed E-state index contributed by atoms with van der Waals surface area (Å²) >= 11 is 0. The standard InChI is InChI=1S/C16H20N4O3/c21-15-18-11-6-2-3-7-12(11)20(15)14(13-10-17-16(22)23-13)19-8-4-1-5-9-19/h2-3,6-7,13-14H,1,4-5,8-10H2,(H,17,22)(H,18,21). The van der Waals surface area contributed by atoms with Gasteiger partial charge in [0.1, 0.15) is 6.17 Å². The zero-order valence-electron chi connectivity index (χ0n) is 12.8. The van der Waals surface area contributed by atoms with E-state index in [0.717, 1.165) is 37.0 Å². The number of benzene rings is 1. The van der Waals surface area contributed by atoms with Crippen LogP contribution < -0.4 is 11.0 Å². The van der Waals surface area contributed by atoms with Crippen LogP contribution >= 0.6 is 0 Å². The summed E-state index contributed by atoms with van der Waals surface area (Å²) in [6.07, 6.45) is 2.35. The van der Waals surface area contributed by atoms with Crippen LogP contribution in [0.2, 0.25) is 0 Å². The second-order valence-electron chi connectivity index (χ2n) is 6.15. The fourth-order valence-electron chi connectivity index (χ4n) is 3.66. The molecule has 3 heterocycles. The molecule has 1 amide bonds. The van der Waals surface area contributed by atoms with Gasteiger partial charge in [-0.1, -0.05) is 18.6 Å². The molecule has 0 radical (unpaired) electrons. The highest BCUT2D eigenvalue weighted by atomic mass is 16.6. The molecule has 2 aliphatic heterocycles. The van der Waals surface area contributed by atoms with Crippen molar-refractivity contribution >= 4 is 17.1 Å². The minimum Gasteiger partial charge on any atom is -0.441 e. The smallest absolute Gasteiger partial charge is 0.407 e. The van der Waals surface area contributed by atoms with Gasteiger partial charge in [-0.3, -0.25) is 9.47 Å². The number of cyclic esters (lactones) is 1. The van der Waals surface area contributed by atoms with Gasteiger partial charge in [0.15, 0.2) is 6.10 Å². The highest BCUT2D eigenvalue weighted by Crippen LogP contribution is 2.27. The van der Waals surface area contributed by atoms with Crippen molar-refractivity contribution in [3.05, 3.63) is 34.7 Å². The molecule has 7 heteroatoms. The van der Waals surface area contributed by atoms with E-state index in [0.29, 0.717) is 6.54 Å². The highest BCUT2D eigenvalue weighted by molar-refractivity contribution is 5.75. The number of aromatic nitrogens is 2. The lowest BCUT2D eigenvalue weighted by Gasteiger charge is -2.37. The summed E-state index contributed by atoms with van der Waals surface area (Å²) in [4.78, 5) is 29.3. The molecule has 2 atom stereocenters. The van der Waals surface area contributed by atoms with E-state index in [1.165, 1.54) is 6.42 Å². The van der Waals surface area contributed by atoms with Gasteiger partial charge in [0.2, 0.25) is 0 Å². The first-order chi connectivity index (χ1) is 11.2. The molecule has 0 bridgehead atoms. The van der Waals surface area contributed by atoms with E-state index in [9.17, 15) is 9.59 Å². The predicted molar refractivity (Wildman–Crippen MR) is 85.3 cm³/mol. The monoisotopic (exact) mass is 316 g/mol. The van der Waals surface area contributed by atoms with Crippen LogP contribution in [-0.2, 0) is 4.74 Å². The molecule has 2 unspecified atom stereocenters. The van der Waals surface area contributed by atoms with Crippen LogP contribution in [0.25, 0.3) is 11.0 Å². The molecule has 2 aliphatic rings. The number of para-hydroxylation sites is 2. The van der Waals surface area contributed by atoms with Gasteiger partial charge in [-0.15, -0.1) is 0 Å². The number of hydrogen-bond acceptors (Lipinski definition) is 4. The number of rotatable bonds is 3. The van der Waals surface area contributed by atoms with Crippen molar-refractivity contribution in [2.24, 2.45) is 0 Å². The van der Waals surface area contributed by atoms with Crippen molar-refractivity contribution in [2.75, 3.05) is 19.6 Å². The summed E-state index contributed by atoms with van der Waals surface area (Å²) in [6.45, 7) is 2.24. The summed E-state index contributed by atoms with van der Waals surface area (Å²) in [6, 6.07) is 7.63. The Kier molecular flexibility index (Phi) is 3.57. The van der Waals surface area contributed by atoms with Gasteiger partial charge in [-0.2, -0.15) is 0 Å². The number of ether oxygens (including phenoxy) is 1. The number of hydrogen-bond donors (Lipinski definition) is 2. The van der Waals surface area contributed by atoms with Gasteiger partial charge in [0.25, 0.3) is 0 Å². The number of alkyl carbamates (subject to hydrolysis) is 1. The SMILES string of the molecule is O=C1NCC(C(N2CCCCC2)n2c(=O)[nH]c3ccccc32)O1. The maximum absolute atomic E-state index is 12.6. The van der Waals surface area contributed by atoms with Crippen LogP contribution in [0.4, 0.5) is 4.79 Å². The van der Waals surface area contributed by atoms with Crippen molar-refractivity contribution in [2.45, 2.75) is 31.5 Å². The number of amides is 1. The molecule has 0 saturated carbocycles. The van der Waals surface area contributed by atoms with E-state index in [1.807, 2.05) is 24.3 Å². The molecule has 122 valence electrons. The first kappa shape index (κ1) is 14.3. The van der Waals surface area contributed by atoms with Crippen LogP contribution in [0.1, 0.15) is 25.4 Å². The summed E-state index contributed by atoms with van der Waals surface area (Å²) in [5.74, 6) is 0. The van der Waals surface area contributed by atoms with Crippen molar-refractivity contribution in [3.63, 3.8) is 0 Å². The zero-order chi connectivity index (χ0) is 15.8. The molecule has 2 aromatic rings. The highest BCUT2D eigenvalue weighted by Gasteiger charge is 2.38. The largest absolute Gasteiger partial charge is 0.441 e. The van der Waals surface area contributed by atoms with Crippen molar-refractivity contribution in [3.8, 4) is 0 Å². The van der Waals surface area contributed by atoms with Crippen LogP contribution in [0, 0.1) is 0 Å². The first-order valence-corrected chi connectivity index (χ1v) is 8.12. The maximum atomic E-state index is 12.6. The molecule has 4 rings (SSSR count). The third-order valence-electron chi connectivity index (χ3n) is 4.69. The second-order valence-corrected chi connectivity index (χ2v) is 6.15. The lowest BCUT2D eigenvalue weighted by molar-refractivity contribution is 0.0108. The van der Waals surface area contributed by atoms with E-state index < -0.39 is 6.09 Å². The minimum absolute atomic E-state index is 0.162. The molecule has 7 nitrogen and oxygen atoms in total. The fraction of sp³-hybridized carbons (Fsp3) is 0.500. The summed E-state index contributed by atoms with van der Waals surface area (Å²) in [5.41, 5.74) is 1.48. The van der Waals surface area contributed by atoms with Crippen LogP contribution in [-0.4, -0.2) is 46.3 Å². The number of H-pyrrole nitrogens is 1. The molecule has 1 aromatic carbocycles. The summed E-state index contributed by atoms with van der Waals surface area (Å²) in [7, 11) is 0. The zero-order valence-corrected chi connectivity index (χ0v) is 12.8. The number of likely N-dealkylation sites (tertiary alicyclic amines) is 1. The molecule has 0 aliphatic carbocycles. The van der Waals surface area contributed by atoms with Crippen molar-refractivity contribution in [1.29, 1.82) is 0 Å². The molecule has 2 N–H and O–H groups in total. The lowest BCUT2D eigenvalue weighted by atomic mass is 10.1. The third kappa shape index (κ3) is 2.50. The average molecular weight is 316 g/mol. The first-order valence-electron chi connectivity index (χ1n) is 8.12. The van der Waals surface area contributed by atoms with E-state index in [4.69, 9.17) is 4.74 Å². The van der Waals surface area contributed by atoms with Gasteiger partial charge >= 0.3 is 11.8 Å². The Labute approximate surface area is 133 Å². The lowest BCUT2D eigenvalue weighted by Crippen LogP contribution is -2.47. The van der Waals surface area contributed by atoms with E-state index in [-0.39, 0.29) is 18.0 Å². The normalized spacial score (nSPS) is 23.7. The van der Waals surface area contributed by atoms with Crippen LogP contribution in [0.3, 0.4) is 0 Å².